The lowest BCUT2D eigenvalue weighted by atomic mass is 10.1. The van der Waals surface area contributed by atoms with Gasteiger partial charge in [-0.15, -0.1) is 11.6 Å². The number of alkyl halides is 3. The van der Waals surface area contributed by atoms with Gasteiger partial charge in [0, 0.05) is 5.56 Å². The van der Waals surface area contributed by atoms with Crippen molar-refractivity contribution in [2.75, 3.05) is 0 Å². The maximum absolute atomic E-state index is 12.5. The molecule has 0 aliphatic carbocycles. The van der Waals surface area contributed by atoms with Gasteiger partial charge in [-0.05, 0) is 22.0 Å². The van der Waals surface area contributed by atoms with E-state index < -0.39 is 18.1 Å². The van der Waals surface area contributed by atoms with E-state index in [1.165, 1.54) is 0 Å². The van der Waals surface area contributed by atoms with Crippen molar-refractivity contribution < 1.29 is 18.7 Å². The molecule has 0 spiro atoms. The molecule has 0 bridgehead atoms. The second-order valence-corrected chi connectivity index (χ2v) is 3.68. The third-order valence-corrected chi connectivity index (χ3v) is 2.37. The molecule has 3 nitrogen and oxygen atoms in total. The van der Waals surface area contributed by atoms with Gasteiger partial charge in [-0.3, -0.25) is 0 Å². The van der Waals surface area contributed by atoms with Crippen LogP contribution in [0.3, 0.4) is 0 Å². The first-order valence-electron chi connectivity index (χ1n) is 3.74. The highest BCUT2D eigenvalue weighted by Crippen LogP contribution is 2.27. The molecule has 1 aromatic rings. The van der Waals surface area contributed by atoms with Crippen molar-refractivity contribution >= 4 is 33.5 Å². The van der Waals surface area contributed by atoms with Crippen LogP contribution in [0.25, 0.3) is 0 Å². The number of nitrogens with zero attached hydrogens (tertiary/aromatic N) is 1. The topological polar surface area (TPSA) is 50.2 Å². The Morgan fingerprint density at radius 3 is 2.67 bits per heavy atom. The van der Waals surface area contributed by atoms with Gasteiger partial charge in [0.25, 0.3) is 6.43 Å². The van der Waals surface area contributed by atoms with Crippen molar-refractivity contribution in [1.29, 1.82) is 0 Å². The number of hydrogen-bond donors (Lipinski definition) is 1. The zero-order valence-electron chi connectivity index (χ0n) is 7.18. The van der Waals surface area contributed by atoms with E-state index >= 15 is 0 Å². The van der Waals surface area contributed by atoms with Crippen LogP contribution < -0.4 is 0 Å². The number of aromatic carboxylic acids is 1. The average Bonchev–Trinajstić information content (AvgIpc) is 2.16. The van der Waals surface area contributed by atoms with E-state index in [4.69, 9.17) is 16.7 Å². The van der Waals surface area contributed by atoms with Gasteiger partial charge < -0.3 is 5.11 Å². The summed E-state index contributed by atoms with van der Waals surface area (Å²) < 4.78 is 25.1. The Bertz CT molecular complexity index is 400. The molecule has 0 aliphatic heterocycles. The Kier molecular flexibility index (Phi) is 3.98. The maximum Gasteiger partial charge on any atom is 0.336 e. The second-order valence-electron chi connectivity index (χ2n) is 2.60. The summed E-state index contributed by atoms with van der Waals surface area (Å²) in [4.78, 5) is 14.3. The quantitative estimate of drug-likeness (QED) is 0.689. The van der Waals surface area contributed by atoms with E-state index in [0.717, 1.165) is 6.07 Å². The standard InChI is InChI=1S/C8H5BrClF2NO2/c9-5-1-3(8(14)15)4(2-10)6(13-5)7(11)12/h1,7H,2H2,(H,14,15). The van der Waals surface area contributed by atoms with Gasteiger partial charge in [-0.1, -0.05) is 0 Å². The lowest BCUT2D eigenvalue weighted by Crippen LogP contribution is -2.07. The monoisotopic (exact) mass is 299 g/mol. The van der Waals surface area contributed by atoms with Crippen LogP contribution in [-0.2, 0) is 5.88 Å². The summed E-state index contributed by atoms with van der Waals surface area (Å²) in [5.41, 5.74) is -1.01. The predicted molar refractivity (Wildman–Crippen MR) is 53.4 cm³/mol. The molecule has 0 aliphatic rings. The third-order valence-electron chi connectivity index (χ3n) is 1.70. The van der Waals surface area contributed by atoms with Crippen molar-refractivity contribution in [2.45, 2.75) is 12.3 Å². The van der Waals surface area contributed by atoms with Crippen LogP contribution in [0, 0.1) is 0 Å². The van der Waals surface area contributed by atoms with E-state index in [1.807, 2.05) is 0 Å². The normalized spacial score (nSPS) is 10.7. The molecule has 1 aromatic heterocycles. The second kappa shape index (κ2) is 4.85. The van der Waals surface area contributed by atoms with E-state index in [1.54, 1.807) is 0 Å². The largest absolute Gasteiger partial charge is 0.478 e. The molecule has 7 heteroatoms. The van der Waals surface area contributed by atoms with E-state index in [9.17, 15) is 13.6 Å². The zero-order valence-corrected chi connectivity index (χ0v) is 9.52. The first kappa shape index (κ1) is 12.3. The van der Waals surface area contributed by atoms with Gasteiger partial charge >= 0.3 is 5.97 Å². The molecular weight excluding hydrogens is 295 g/mol. The highest BCUT2D eigenvalue weighted by atomic mass is 79.9. The molecule has 0 aromatic carbocycles. The van der Waals surface area contributed by atoms with Gasteiger partial charge in [0.2, 0.25) is 0 Å². The van der Waals surface area contributed by atoms with Gasteiger partial charge in [0.15, 0.2) is 0 Å². The van der Waals surface area contributed by atoms with Crippen LogP contribution in [0.2, 0.25) is 0 Å². The maximum atomic E-state index is 12.5. The van der Waals surface area contributed by atoms with Crippen LogP contribution in [-0.4, -0.2) is 16.1 Å². The number of rotatable bonds is 3. The van der Waals surface area contributed by atoms with Crippen LogP contribution in [0.1, 0.15) is 28.0 Å². The molecule has 1 rings (SSSR count). The lowest BCUT2D eigenvalue weighted by Gasteiger charge is -2.09. The molecular formula is C8H5BrClF2NO2. The molecule has 0 unspecified atom stereocenters. The lowest BCUT2D eigenvalue weighted by molar-refractivity contribution is 0.0695. The zero-order chi connectivity index (χ0) is 11.6. The van der Waals surface area contributed by atoms with Crippen molar-refractivity contribution in [3.05, 3.63) is 27.5 Å². The van der Waals surface area contributed by atoms with Crippen LogP contribution in [0.15, 0.2) is 10.7 Å². The average molecular weight is 300 g/mol. The molecule has 0 radical (unpaired) electrons. The molecule has 0 saturated carbocycles. The van der Waals surface area contributed by atoms with Crippen LogP contribution >= 0.6 is 27.5 Å². The first-order valence-corrected chi connectivity index (χ1v) is 5.06. The number of hydrogen-bond acceptors (Lipinski definition) is 2. The fraction of sp³-hybridized carbons (Fsp3) is 0.250. The highest BCUT2D eigenvalue weighted by molar-refractivity contribution is 9.10. The summed E-state index contributed by atoms with van der Waals surface area (Å²) in [5.74, 6) is -1.63. The summed E-state index contributed by atoms with van der Waals surface area (Å²) in [5, 5.41) is 8.78. The predicted octanol–water partition coefficient (Wildman–Crippen LogP) is 3.22. The van der Waals surface area contributed by atoms with Crippen molar-refractivity contribution in [1.82, 2.24) is 4.98 Å². The summed E-state index contributed by atoms with van der Waals surface area (Å²) >= 11 is 8.29. The molecule has 15 heavy (non-hydrogen) atoms. The number of carboxylic acid groups (broad SMARTS) is 1. The fourth-order valence-corrected chi connectivity index (χ4v) is 1.77. The molecule has 0 atom stereocenters. The van der Waals surface area contributed by atoms with E-state index in [2.05, 4.69) is 20.9 Å². The number of carboxylic acids is 1. The summed E-state index contributed by atoms with van der Waals surface area (Å²) in [6.07, 6.45) is -2.85. The summed E-state index contributed by atoms with van der Waals surface area (Å²) in [6.45, 7) is 0. The fourth-order valence-electron chi connectivity index (χ4n) is 1.07. The Labute approximate surface area is 97.2 Å². The number of aromatic nitrogens is 1. The van der Waals surface area contributed by atoms with Gasteiger partial charge in [-0.2, -0.15) is 0 Å². The Balaban J connectivity index is 3.45. The number of halogens is 4. The van der Waals surface area contributed by atoms with Gasteiger partial charge in [0.1, 0.15) is 10.3 Å². The van der Waals surface area contributed by atoms with Gasteiger partial charge in [0.05, 0.1) is 11.4 Å². The number of carbonyl (C=O) groups is 1. The van der Waals surface area contributed by atoms with Crippen molar-refractivity contribution in [3.63, 3.8) is 0 Å². The first-order chi connectivity index (χ1) is 6.97. The SMILES string of the molecule is O=C(O)c1cc(Br)nc(C(F)F)c1CCl. The minimum absolute atomic E-state index is 0.0454. The highest BCUT2D eigenvalue weighted by Gasteiger charge is 2.21. The molecule has 0 saturated heterocycles. The minimum atomic E-state index is -2.85. The molecule has 0 fully saturated rings. The molecule has 0 amide bonds. The smallest absolute Gasteiger partial charge is 0.336 e. The molecule has 1 N–H and O–H groups in total. The Morgan fingerprint density at radius 2 is 2.27 bits per heavy atom. The third kappa shape index (κ3) is 2.63. The Hall–Kier alpha value is -0.750. The Morgan fingerprint density at radius 1 is 1.67 bits per heavy atom. The van der Waals surface area contributed by atoms with Crippen molar-refractivity contribution in [2.24, 2.45) is 0 Å². The van der Waals surface area contributed by atoms with E-state index in [0.29, 0.717) is 0 Å². The van der Waals surface area contributed by atoms with Crippen molar-refractivity contribution in [3.8, 4) is 0 Å². The van der Waals surface area contributed by atoms with Crippen LogP contribution in [0.4, 0.5) is 8.78 Å². The summed E-state index contributed by atoms with van der Waals surface area (Å²) in [7, 11) is 0. The molecule has 82 valence electrons. The summed E-state index contributed by atoms with van der Waals surface area (Å²) in [6, 6.07) is 1.14. The molecule has 1 heterocycles. The van der Waals surface area contributed by atoms with E-state index in [-0.39, 0.29) is 21.6 Å². The van der Waals surface area contributed by atoms with Gasteiger partial charge in [-0.25, -0.2) is 18.6 Å². The minimum Gasteiger partial charge on any atom is -0.478 e. The number of pyridine rings is 1. The van der Waals surface area contributed by atoms with Crippen LogP contribution in [0.5, 0.6) is 0 Å².